The Morgan fingerprint density at radius 2 is 2.07 bits per heavy atom. The van der Waals surface area contributed by atoms with Crippen LogP contribution >= 0.6 is 11.3 Å². The maximum absolute atomic E-state index is 9.81. The Balaban J connectivity index is 2.36. The predicted molar refractivity (Wildman–Crippen MR) is 66.5 cm³/mol. The highest BCUT2D eigenvalue weighted by molar-refractivity contribution is 7.19. The largest absolute Gasteiger partial charge is 0.392 e. The monoisotopic (exact) mass is 220 g/mol. The summed E-state index contributed by atoms with van der Waals surface area (Å²) in [7, 11) is 0. The highest BCUT2D eigenvalue weighted by atomic mass is 32.1. The van der Waals surface area contributed by atoms with E-state index in [2.05, 4.69) is 37.3 Å². The minimum Gasteiger partial charge on any atom is -0.392 e. The van der Waals surface area contributed by atoms with E-state index in [1.165, 1.54) is 15.0 Å². The minimum atomic E-state index is -0.224. The van der Waals surface area contributed by atoms with Crippen molar-refractivity contribution in [2.24, 2.45) is 0 Å². The third-order valence-corrected chi connectivity index (χ3v) is 4.21. The third kappa shape index (κ3) is 2.06. The van der Waals surface area contributed by atoms with Crippen LogP contribution in [0.25, 0.3) is 10.1 Å². The van der Waals surface area contributed by atoms with E-state index in [-0.39, 0.29) is 12.0 Å². The van der Waals surface area contributed by atoms with Crippen molar-refractivity contribution in [3.63, 3.8) is 0 Å². The molecule has 1 heterocycles. The van der Waals surface area contributed by atoms with E-state index < -0.39 is 0 Å². The predicted octanol–water partition coefficient (Wildman–Crippen LogP) is 3.78. The van der Waals surface area contributed by atoms with Gasteiger partial charge < -0.3 is 5.11 Å². The standard InChI is InChI=1S/C13H16OS/c1-3-11(14)9(2)13-8-10-6-4-5-7-12(10)15-13/h4-9,11,14H,3H2,1-2H3. The maximum atomic E-state index is 9.81. The molecule has 0 aliphatic heterocycles. The third-order valence-electron chi connectivity index (χ3n) is 2.89. The van der Waals surface area contributed by atoms with Crippen LogP contribution in [0.4, 0.5) is 0 Å². The molecule has 2 heteroatoms. The van der Waals surface area contributed by atoms with Gasteiger partial charge in [0.2, 0.25) is 0 Å². The van der Waals surface area contributed by atoms with E-state index in [4.69, 9.17) is 0 Å². The molecule has 0 aliphatic carbocycles. The van der Waals surface area contributed by atoms with Crippen LogP contribution in [0.5, 0.6) is 0 Å². The van der Waals surface area contributed by atoms with Crippen molar-refractivity contribution in [3.8, 4) is 0 Å². The molecule has 0 radical (unpaired) electrons. The van der Waals surface area contributed by atoms with Gasteiger partial charge in [0.1, 0.15) is 0 Å². The van der Waals surface area contributed by atoms with Crippen molar-refractivity contribution < 1.29 is 5.11 Å². The SMILES string of the molecule is CCC(O)C(C)c1cc2ccccc2s1. The molecule has 1 aromatic carbocycles. The maximum Gasteiger partial charge on any atom is 0.0611 e. The van der Waals surface area contributed by atoms with Crippen LogP contribution in [0.2, 0.25) is 0 Å². The minimum absolute atomic E-state index is 0.224. The Bertz CT molecular complexity index is 413. The number of fused-ring (bicyclic) bond motifs is 1. The van der Waals surface area contributed by atoms with Gasteiger partial charge in [0.05, 0.1) is 6.10 Å². The molecular weight excluding hydrogens is 204 g/mol. The average Bonchev–Trinajstić information content (AvgIpc) is 2.70. The lowest BCUT2D eigenvalue weighted by Gasteiger charge is -2.14. The first kappa shape index (κ1) is 10.7. The second-order valence-corrected chi connectivity index (χ2v) is 5.07. The highest BCUT2D eigenvalue weighted by Crippen LogP contribution is 2.32. The fourth-order valence-electron chi connectivity index (χ4n) is 1.77. The molecule has 2 unspecified atom stereocenters. The van der Waals surface area contributed by atoms with Gasteiger partial charge in [0.15, 0.2) is 0 Å². The van der Waals surface area contributed by atoms with Crippen molar-refractivity contribution in [1.29, 1.82) is 0 Å². The average molecular weight is 220 g/mol. The molecule has 0 spiro atoms. The molecule has 2 aromatic rings. The molecule has 0 aliphatic rings. The van der Waals surface area contributed by atoms with Gasteiger partial charge in [-0.2, -0.15) is 0 Å². The molecule has 0 fully saturated rings. The van der Waals surface area contributed by atoms with Gasteiger partial charge in [-0.15, -0.1) is 11.3 Å². The summed E-state index contributed by atoms with van der Waals surface area (Å²) in [5.74, 6) is 0.243. The zero-order chi connectivity index (χ0) is 10.8. The van der Waals surface area contributed by atoms with Gasteiger partial charge in [-0.1, -0.05) is 32.0 Å². The first-order chi connectivity index (χ1) is 7.22. The summed E-state index contributed by atoms with van der Waals surface area (Å²) in [5, 5.41) is 11.1. The molecule has 0 saturated heterocycles. The van der Waals surface area contributed by atoms with E-state index >= 15 is 0 Å². The molecule has 2 atom stereocenters. The number of aliphatic hydroxyl groups excluding tert-OH is 1. The van der Waals surface area contributed by atoms with Crippen molar-refractivity contribution >= 4 is 21.4 Å². The number of aliphatic hydroxyl groups is 1. The molecule has 0 amide bonds. The molecule has 1 aromatic heterocycles. The van der Waals surface area contributed by atoms with E-state index in [1.807, 2.05) is 6.92 Å². The number of hydrogen-bond donors (Lipinski definition) is 1. The normalized spacial score (nSPS) is 15.4. The van der Waals surface area contributed by atoms with E-state index in [1.54, 1.807) is 11.3 Å². The van der Waals surface area contributed by atoms with Crippen molar-refractivity contribution in [3.05, 3.63) is 35.2 Å². The van der Waals surface area contributed by atoms with Crippen LogP contribution in [0.1, 0.15) is 31.1 Å². The van der Waals surface area contributed by atoms with Gasteiger partial charge >= 0.3 is 0 Å². The topological polar surface area (TPSA) is 20.2 Å². The van der Waals surface area contributed by atoms with Crippen LogP contribution in [0.15, 0.2) is 30.3 Å². The lowest BCUT2D eigenvalue weighted by Crippen LogP contribution is -2.12. The van der Waals surface area contributed by atoms with E-state index in [9.17, 15) is 5.11 Å². The van der Waals surface area contributed by atoms with Crippen LogP contribution in [0.3, 0.4) is 0 Å². The molecule has 0 saturated carbocycles. The lowest BCUT2D eigenvalue weighted by atomic mass is 10.0. The zero-order valence-corrected chi connectivity index (χ0v) is 9.92. The van der Waals surface area contributed by atoms with Gasteiger partial charge in [0.25, 0.3) is 0 Å². The molecule has 1 N–H and O–H groups in total. The Kier molecular flexibility index (Phi) is 3.08. The van der Waals surface area contributed by atoms with Gasteiger partial charge in [-0.05, 0) is 23.9 Å². The summed E-state index contributed by atoms with van der Waals surface area (Å²) in [4.78, 5) is 1.28. The van der Waals surface area contributed by atoms with Crippen molar-refractivity contribution in [1.82, 2.24) is 0 Å². The van der Waals surface area contributed by atoms with Gasteiger partial charge in [-0.3, -0.25) is 0 Å². The van der Waals surface area contributed by atoms with Gasteiger partial charge in [0, 0.05) is 15.5 Å². The van der Waals surface area contributed by atoms with Gasteiger partial charge in [-0.25, -0.2) is 0 Å². The number of rotatable bonds is 3. The zero-order valence-electron chi connectivity index (χ0n) is 9.10. The Morgan fingerprint density at radius 3 is 2.73 bits per heavy atom. The van der Waals surface area contributed by atoms with Crippen LogP contribution < -0.4 is 0 Å². The first-order valence-electron chi connectivity index (χ1n) is 5.39. The molecule has 2 rings (SSSR count). The van der Waals surface area contributed by atoms with E-state index in [0.717, 1.165) is 6.42 Å². The summed E-state index contributed by atoms with van der Waals surface area (Å²) in [6.07, 6.45) is 0.591. The second-order valence-electron chi connectivity index (χ2n) is 3.95. The fourth-order valence-corrected chi connectivity index (χ4v) is 2.94. The quantitative estimate of drug-likeness (QED) is 0.834. The van der Waals surface area contributed by atoms with Crippen molar-refractivity contribution in [2.75, 3.05) is 0 Å². The molecule has 1 nitrogen and oxygen atoms in total. The van der Waals surface area contributed by atoms with Crippen molar-refractivity contribution in [2.45, 2.75) is 32.3 Å². The smallest absolute Gasteiger partial charge is 0.0611 e. The summed E-state index contributed by atoms with van der Waals surface area (Å²) in [5.41, 5.74) is 0. The molecule has 0 bridgehead atoms. The fraction of sp³-hybridized carbons (Fsp3) is 0.385. The van der Waals surface area contributed by atoms with E-state index in [0.29, 0.717) is 0 Å². The summed E-state index contributed by atoms with van der Waals surface area (Å²) in [6.45, 7) is 4.12. The number of hydrogen-bond acceptors (Lipinski definition) is 2. The Labute approximate surface area is 94.4 Å². The summed E-state index contributed by atoms with van der Waals surface area (Å²) >= 11 is 1.79. The van der Waals surface area contributed by atoms with Crippen LogP contribution in [-0.4, -0.2) is 11.2 Å². The molecule has 80 valence electrons. The second kappa shape index (κ2) is 4.33. The molecule has 15 heavy (non-hydrogen) atoms. The Hall–Kier alpha value is -0.860. The summed E-state index contributed by atoms with van der Waals surface area (Å²) in [6, 6.07) is 10.6. The van der Waals surface area contributed by atoms with Crippen LogP contribution in [-0.2, 0) is 0 Å². The summed E-state index contributed by atoms with van der Waals surface area (Å²) < 4.78 is 1.31. The Morgan fingerprint density at radius 1 is 1.33 bits per heavy atom. The number of thiophene rings is 1. The first-order valence-corrected chi connectivity index (χ1v) is 6.20. The number of benzene rings is 1. The van der Waals surface area contributed by atoms with Crippen LogP contribution in [0, 0.1) is 0 Å². The molecular formula is C13H16OS. The lowest BCUT2D eigenvalue weighted by molar-refractivity contribution is 0.146. The highest BCUT2D eigenvalue weighted by Gasteiger charge is 2.16.